The van der Waals surface area contributed by atoms with Gasteiger partial charge in [0.1, 0.15) is 0 Å². The number of anilines is 1. The van der Waals surface area contributed by atoms with Gasteiger partial charge in [-0.3, -0.25) is 9.78 Å². The van der Waals surface area contributed by atoms with E-state index >= 15 is 0 Å². The Morgan fingerprint density at radius 3 is 2.55 bits per heavy atom. The van der Waals surface area contributed by atoms with Crippen LogP contribution < -0.4 is 5.32 Å². The minimum atomic E-state index is -0.305. The van der Waals surface area contributed by atoms with Crippen LogP contribution in [0.15, 0.2) is 35.1 Å². The number of hydrogen-bond acceptors (Lipinski definition) is 4. The third-order valence-corrected chi connectivity index (χ3v) is 6.61. The Bertz CT molecular complexity index is 1110. The Hall–Kier alpha value is -3.47. The molecule has 4 rings (SSSR count). The lowest BCUT2D eigenvalue weighted by molar-refractivity contribution is -0.110. The smallest absolute Gasteiger partial charge is 0.319 e. The molecule has 1 N–H and O–H groups in total. The van der Waals surface area contributed by atoms with Crippen LogP contribution in [0, 0.1) is 12.0 Å². The van der Waals surface area contributed by atoms with E-state index in [0.717, 1.165) is 36.2 Å². The van der Waals surface area contributed by atoms with Crippen molar-refractivity contribution in [2.75, 3.05) is 32.5 Å². The second kappa shape index (κ2) is 8.81. The van der Waals surface area contributed by atoms with Gasteiger partial charge in [0.05, 0.1) is 11.4 Å². The number of rotatable bonds is 4. The predicted molar refractivity (Wildman–Crippen MR) is 129 cm³/mol. The highest BCUT2D eigenvalue weighted by molar-refractivity contribution is 6.44. The topological polar surface area (TPSA) is 82.3 Å². The largest absolute Gasteiger partial charge is 0.361 e. The fourth-order valence-corrected chi connectivity index (χ4v) is 4.52. The Labute approximate surface area is 194 Å². The number of aliphatic imine (C=N–C) groups is 1. The van der Waals surface area contributed by atoms with Gasteiger partial charge in [-0.05, 0) is 42.4 Å². The molecular weight excluding hydrogens is 416 g/mol. The number of urea groups is 1. The molecule has 1 aromatic heterocycles. The normalized spacial score (nSPS) is 20.7. The Balaban J connectivity index is 1.65. The van der Waals surface area contributed by atoms with Crippen molar-refractivity contribution in [1.29, 1.82) is 0 Å². The van der Waals surface area contributed by atoms with Gasteiger partial charge in [-0.15, -0.1) is 4.99 Å². The average molecular weight is 447 g/mol. The first-order valence-corrected chi connectivity index (χ1v) is 11.3. The first-order chi connectivity index (χ1) is 15.7. The number of amides is 3. The maximum atomic E-state index is 12.8. The molecule has 3 heterocycles. The molecule has 0 unspecified atom stereocenters. The van der Waals surface area contributed by atoms with Crippen molar-refractivity contribution in [3.8, 4) is 0 Å². The second-order valence-electron chi connectivity index (χ2n) is 9.86. The molecule has 8 nitrogen and oxygen atoms in total. The second-order valence-corrected chi connectivity index (χ2v) is 9.86. The van der Waals surface area contributed by atoms with Crippen LogP contribution in [0.25, 0.3) is 10.4 Å². The van der Waals surface area contributed by atoms with E-state index in [0.29, 0.717) is 30.9 Å². The third-order valence-electron chi connectivity index (χ3n) is 6.61. The molecule has 3 aliphatic rings. The molecule has 1 saturated heterocycles. The number of likely N-dealkylation sites (N-methyl/N-ethyl adjacent to an activating group) is 2. The van der Waals surface area contributed by atoms with Gasteiger partial charge in [0, 0.05) is 45.2 Å². The lowest BCUT2D eigenvalue weighted by Gasteiger charge is -2.36. The first-order valence-electron chi connectivity index (χ1n) is 11.3. The van der Waals surface area contributed by atoms with Crippen LogP contribution >= 0.6 is 0 Å². The molecule has 2 aliphatic heterocycles. The van der Waals surface area contributed by atoms with E-state index in [9.17, 15) is 9.59 Å². The number of carbonyl (C=O) groups is 2. The fourth-order valence-electron chi connectivity index (χ4n) is 4.52. The zero-order valence-corrected chi connectivity index (χ0v) is 19.7. The van der Waals surface area contributed by atoms with Crippen LogP contribution in [0.1, 0.15) is 56.8 Å². The minimum Gasteiger partial charge on any atom is -0.361 e. The van der Waals surface area contributed by atoms with Gasteiger partial charge in [-0.25, -0.2) is 4.79 Å². The molecule has 0 spiro atoms. The molecule has 33 heavy (non-hydrogen) atoms. The van der Waals surface area contributed by atoms with Crippen LogP contribution in [-0.4, -0.2) is 59.6 Å². The summed E-state index contributed by atoms with van der Waals surface area (Å²) in [5, 5.41) is 2.99. The molecule has 1 aliphatic carbocycles. The summed E-state index contributed by atoms with van der Waals surface area (Å²) >= 11 is 0. The number of aromatic nitrogens is 1. The van der Waals surface area contributed by atoms with Crippen molar-refractivity contribution in [3.05, 3.63) is 52.9 Å². The zero-order chi connectivity index (χ0) is 23.8. The summed E-state index contributed by atoms with van der Waals surface area (Å²) in [5.41, 5.74) is 4.07. The summed E-state index contributed by atoms with van der Waals surface area (Å²) in [6, 6.07) is 3.86. The molecule has 1 aromatic rings. The standard InChI is InChI=1S/C25H30N6O2/c1-25(2)12-10-16(11-13-25)22-19(29-23(32)20-8-9-21(26-3)27-20)7-6-18(28-22)17-14-30(4)24(33)31(5)15-17/h6-7,9-10,17H,8,11-15H2,1-2,4-5H3,(H,29,32). The van der Waals surface area contributed by atoms with Crippen molar-refractivity contribution < 1.29 is 9.59 Å². The van der Waals surface area contributed by atoms with Gasteiger partial charge < -0.3 is 20.0 Å². The number of hydrogen-bond donors (Lipinski definition) is 1. The van der Waals surface area contributed by atoms with Gasteiger partial charge in [0.2, 0.25) is 0 Å². The summed E-state index contributed by atoms with van der Waals surface area (Å²) in [4.78, 5) is 40.9. The number of allylic oxidation sites excluding steroid dienone is 3. The SMILES string of the molecule is [C-]#[N+]C1=CCC(C(=O)Nc2ccc(C3CN(C)C(=O)N(C)C3)nc2C2=CCC(C)(C)CC2)=N1. The number of nitrogens with zero attached hydrogens (tertiary/aromatic N) is 5. The summed E-state index contributed by atoms with van der Waals surface area (Å²) < 4.78 is 0. The Morgan fingerprint density at radius 1 is 1.21 bits per heavy atom. The highest BCUT2D eigenvalue weighted by Gasteiger charge is 2.31. The van der Waals surface area contributed by atoms with Gasteiger partial charge in [0.25, 0.3) is 11.7 Å². The molecular formula is C25H30N6O2. The van der Waals surface area contributed by atoms with Crippen LogP contribution in [-0.2, 0) is 4.79 Å². The average Bonchev–Trinajstić information content (AvgIpc) is 3.27. The zero-order valence-electron chi connectivity index (χ0n) is 19.7. The van der Waals surface area contributed by atoms with Crippen LogP contribution in [0.4, 0.5) is 10.5 Å². The highest BCUT2D eigenvalue weighted by atomic mass is 16.2. The van der Waals surface area contributed by atoms with Gasteiger partial charge in [-0.1, -0.05) is 32.6 Å². The maximum Gasteiger partial charge on any atom is 0.319 e. The third kappa shape index (κ3) is 4.82. The predicted octanol–water partition coefficient (Wildman–Crippen LogP) is 4.30. The van der Waals surface area contributed by atoms with Crippen molar-refractivity contribution in [1.82, 2.24) is 14.8 Å². The summed E-state index contributed by atoms with van der Waals surface area (Å²) in [5.74, 6) is 0.0396. The minimum absolute atomic E-state index is 0.0114. The molecule has 0 radical (unpaired) electrons. The van der Waals surface area contributed by atoms with E-state index in [-0.39, 0.29) is 29.1 Å². The number of nitrogens with one attached hydrogen (secondary N) is 1. The Kier molecular flexibility index (Phi) is 6.07. The lowest BCUT2D eigenvalue weighted by atomic mass is 9.77. The molecule has 3 amide bonds. The summed E-state index contributed by atoms with van der Waals surface area (Å²) in [6.07, 6.45) is 7.14. The van der Waals surface area contributed by atoms with Crippen molar-refractivity contribution in [2.45, 2.75) is 45.4 Å². The van der Waals surface area contributed by atoms with Crippen LogP contribution in [0.5, 0.6) is 0 Å². The lowest BCUT2D eigenvalue weighted by Crippen LogP contribution is -2.49. The molecule has 1 fully saturated rings. The van der Waals surface area contributed by atoms with Crippen LogP contribution in [0.3, 0.4) is 0 Å². The quantitative estimate of drug-likeness (QED) is 0.700. The van der Waals surface area contributed by atoms with Crippen LogP contribution in [0.2, 0.25) is 0 Å². The molecule has 0 aromatic carbocycles. The van der Waals surface area contributed by atoms with E-state index in [1.54, 1.807) is 30.0 Å². The Morgan fingerprint density at radius 2 is 1.94 bits per heavy atom. The first kappa shape index (κ1) is 22.7. The van der Waals surface area contributed by atoms with E-state index in [1.807, 2.05) is 12.1 Å². The molecule has 172 valence electrons. The molecule has 0 bridgehead atoms. The van der Waals surface area contributed by atoms with E-state index in [2.05, 4.69) is 35.1 Å². The van der Waals surface area contributed by atoms with Gasteiger partial charge >= 0.3 is 6.03 Å². The molecule has 0 saturated carbocycles. The number of carbonyl (C=O) groups excluding carboxylic acids is 2. The van der Waals surface area contributed by atoms with E-state index in [4.69, 9.17) is 11.6 Å². The highest BCUT2D eigenvalue weighted by Crippen LogP contribution is 2.39. The summed E-state index contributed by atoms with van der Waals surface area (Å²) in [7, 11) is 3.61. The van der Waals surface area contributed by atoms with Crippen molar-refractivity contribution in [2.24, 2.45) is 10.4 Å². The van der Waals surface area contributed by atoms with E-state index in [1.165, 1.54) is 0 Å². The molecule has 0 atom stereocenters. The maximum absolute atomic E-state index is 12.8. The fraction of sp³-hybridized carbons (Fsp3) is 0.480. The van der Waals surface area contributed by atoms with Gasteiger partial charge in [0.15, 0.2) is 5.71 Å². The monoisotopic (exact) mass is 446 g/mol. The van der Waals surface area contributed by atoms with Gasteiger partial charge in [-0.2, -0.15) is 0 Å². The van der Waals surface area contributed by atoms with E-state index < -0.39 is 0 Å². The van der Waals surface area contributed by atoms with Crippen molar-refractivity contribution >= 4 is 28.9 Å². The summed E-state index contributed by atoms with van der Waals surface area (Å²) in [6.45, 7) is 12.8. The van der Waals surface area contributed by atoms with Crippen molar-refractivity contribution in [3.63, 3.8) is 0 Å². The number of pyridine rings is 1. The molecule has 8 heteroatoms.